The molecule has 1 unspecified atom stereocenters. The number of nitrogens with one attached hydrogen (secondary N) is 3. The molecule has 1 saturated heterocycles. The van der Waals surface area contributed by atoms with Crippen molar-refractivity contribution in [3.8, 4) is 0 Å². The third kappa shape index (κ3) is 7.20. The number of hydrazine groups is 1. The minimum absolute atomic E-state index is 0.246. The molecular weight excluding hydrogens is 574 g/mol. The van der Waals surface area contributed by atoms with Crippen LogP contribution in [0, 0.1) is 11.3 Å². The van der Waals surface area contributed by atoms with Crippen molar-refractivity contribution in [2.24, 2.45) is 11.3 Å². The van der Waals surface area contributed by atoms with Gasteiger partial charge in [0, 0.05) is 11.9 Å². The topological polar surface area (TPSA) is 150 Å². The summed E-state index contributed by atoms with van der Waals surface area (Å²) >= 11 is 0. The number of cyclic esters (lactones) is 1. The van der Waals surface area contributed by atoms with E-state index in [1.54, 1.807) is 27.7 Å². The fraction of sp³-hybridized carbons (Fsp3) is 0.559. The van der Waals surface area contributed by atoms with Crippen LogP contribution < -0.4 is 16.1 Å². The highest BCUT2D eigenvalue weighted by Crippen LogP contribution is 2.44. The highest BCUT2D eigenvalue weighted by Gasteiger charge is 2.46. The predicted octanol–water partition coefficient (Wildman–Crippen LogP) is 3.32. The summed E-state index contributed by atoms with van der Waals surface area (Å²) in [4.78, 5) is 58.9. The van der Waals surface area contributed by atoms with E-state index in [2.05, 4.69) is 16.1 Å². The van der Waals surface area contributed by atoms with Crippen LogP contribution in [0.15, 0.2) is 36.4 Å². The number of ether oxygens (including phenoxy) is 1. The molecule has 2 aromatic rings. The van der Waals surface area contributed by atoms with E-state index in [-0.39, 0.29) is 17.9 Å². The first-order valence-electron chi connectivity index (χ1n) is 16.0. The molecule has 1 saturated carbocycles. The fourth-order valence-corrected chi connectivity index (χ4v) is 6.26. The van der Waals surface area contributed by atoms with Gasteiger partial charge in [0.1, 0.15) is 12.1 Å². The zero-order valence-electron chi connectivity index (χ0n) is 26.8. The van der Waals surface area contributed by atoms with Crippen LogP contribution >= 0.6 is 0 Å². The summed E-state index contributed by atoms with van der Waals surface area (Å²) in [7, 11) is 0. The average molecular weight is 620 g/mol. The summed E-state index contributed by atoms with van der Waals surface area (Å²) < 4.78 is 5.96. The molecule has 3 amide bonds. The number of pyridine rings is 1. The number of benzene rings is 1. The highest BCUT2D eigenvalue weighted by molar-refractivity contribution is 5.92. The number of carbonyl (C=O) groups excluding carboxylic acids is 4. The first kappa shape index (κ1) is 32.6. The molecule has 4 N–H and O–H groups in total. The van der Waals surface area contributed by atoms with Crippen molar-refractivity contribution in [3.05, 3.63) is 47.7 Å². The smallest absolute Gasteiger partial charge is 0.316 e. The van der Waals surface area contributed by atoms with Crippen molar-refractivity contribution in [2.75, 3.05) is 6.54 Å². The van der Waals surface area contributed by atoms with E-state index >= 15 is 0 Å². The maximum absolute atomic E-state index is 14.0. The number of hydrogen-bond acceptors (Lipinski definition) is 8. The molecule has 5 rings (SSSR count). The van der Waals surface area contributed by atoms with Crippen molar-refractivity contribution >= 4 is 40.7 Å². The number of nitrogens with zero attached hydrogens (tertiary/aromatic N) is 2. The number of hydrogen-bond donors (Lipinski definition) is 4. The maximum Gasteiger partial charge on any atom is 0.316 e. The van der Waals surface area contributed by atoms with Gasteiger partial charge in [0.05, 0.1) is 28.3 Å². The second-order valence-corrected chi connectivity index (χ2v) is 13.5. The Morgan fingerprint density at radius 1 is 0.978 bits per heavy atom. The van der Waals surface area contributed by atoms with Gasteiger partial charge in [-0.1, -0.05) is 44.2 Å². The van der Waals surface area contributed by atoms with Crippen LogP contribution in [0.25, 0.3) is 17.0 Å². The molecule has 45 heavy (non-hydrogen) atoms. The van der Waals surface area contributed by atoms with E-state index < -0.39 is 47.0 Å². The maximum atomic E-state index is 14.0. The van der Waals surface area contributed by atoms with Crippen LogP contribution in [0.4, 0.5) is 0 Å². The Labute approximate surface area is 264 Å². The Balaban J connectivity index is 1.54. The van der Waals surface area contributed by atoms with Gasteiger partial charge in [-0.05, 0) is 82.9 Å². The largest absolute Gasteiger partial charge is 0.451 e. The number of esters is 1. The van der Waals surface area contributed by atoms with E-state index in [4.69, 9.17) is 9.72 Å². The Bertz CT molecular complexity index is 1490. The number of aromatic nitrogens is 1. The van der Waals surface area contributed by atoms with E-state index in [0.29, 0.717) is 50.8 Å². The lowest BCUT2D eigenvalue weighted by Gasteiger charge is -2.40. The predicted molar refractivity (Wildman–Crippen MR) is 169 cm³/mol. The lowest BCUT2D eigenvalue weighted by molar-refractivity contribution is -0.170. The van der Waals surface area contributed by atoms with Crippen LogP contribution in [0.2, 0.25) is 0 Å². The molecule has 242 valence electrons. The third-order valence-corrected chi connectivity index (χ3v) is 9.36. The Hall–Kier alpha value is -3.83. The van der Waals surface area contributed by atoms with Crippen LogP contribution in [0.1, 0.15) is 90.4 Å². The van der Waals surface area contributed by atoms with Crippen molar-refractivity contribution in [1.82, 2.24) is 26.1 Å². The molecule has 1 aliphatic carbocycles. The molecule has 0 radical (unpaired) electrons. The van der Waals surface area contributed by atoms with Gasteiger partial charge in [-0.3, -0.25) is 29.2 Å². The molecule has 11 heteroatoms. The molecule has 1 aromatic heterocycles. The van der Waals surface area contributed by atoms with Crippen molar-refractivity contribution < 1.29 is 29.0 Å². The Morgan fingerprint density at radius 2 is 1.67 bits per heavy atom. The molecule has 1 spiro atoms. The SMILES string of the molecule is CC(C)C1OC(=O)C2(/C=C/c3ccc4ccc(nc4c3)[C@@H](C)NC(=O)[C@@H]3CCCN(N3)C(=O)[C@H](C)NC1=O)CCC(C)(O)CC2. The zero-order valence-corrected chi connectivity index (χ0v) is 26.8. The van der Waals surface area contributed by atoms with Gasteiger partial charge < -0.3 is 20.5 Å². The minimum atomic E-state index is -1.13. The molecule has 3 aliphatic rings. The molecule has 3 heterocycles. The van der Waals surface area contributed by atoms with Crippen molar-refractivity contribution in [3.63, 3.8) is 0 Å². The lowest BCUT2D eigenvalue weighted by atomic mass is 9.68. The minimum Gasteiger partial charge on any atom is -0.451 e. The molecule has 11 nitrogen and oxygen atoms in total. The lowest BCUT2D eigenvalue weighted by Crippen LogP contribution is -2.61. The Morgan fingerprint density at radius 3 is 2.38 bits per heavy atom. The molecule has 1 aromatic carbocycles. The summed E-state index contributed by atoms with van der Waals surface area (Å²) in [6.45, 7) is 9.16. The second-order valence-electron chi connectivity index (χ2n) is 13.5. The number of aliphatic hydroxyl groups is 1. The second kappa shape index (κ2) is 12.9. The summed E-state index contributed by atoms with van der Waals surface area (Å²) in [6, 6.07) is 7.74. The summed E-state index contributed by atoms with van der Waals surface area (Å²) in [5, 5.41) is 18.8. The van der Waals surface area contributed by atoms with Crippen LogP contribution in [0.5, 0.6) is 0 Å². The summed E-state index contributed by atoms with van der Waals surface area (Å²) in [5.41, 5.74) is 3.34. The van der Waals surface area contributed by atoms with Crippen molar-refractivity contribution in [1.29, 1.82) is 0 Å². The molecule has 2 fully saturated rings. The number of fused-ring (bicyclic) bond motifs is 4. The Kier molecular flexibility index (Phi) is 9.32. The van der Waals surface area contributed by atoms with E-state index in [0.717, 1.165) is 16.5 Å². The van der Waals surface area contributed by atoms with Gasteiger partial charge in [0.25, 0.3) is 11.8 Å². The van der Waals surface area contributed by atoms with Gasteiger partial charge in [-0.2, -0.15) is 0 Å². The van der Waals surface area contributed by atoms with E-state index in [1.165, 1.54) is 5.01 Å². The van der Waals surface area contributed by atoms with Gasteiger partial charge >= 0.3 is 5.97 Å². The third-order valence-electron chi connectivity index (χ3n) is 9.36. The molecular formula is C34H45N5O6. The quantitative estimate of drug-likeness (QED) is 0.355. The standard InChI is InChI=1S/C34H45N5O6/c1-20(2)28-30(41)36-22(4)31(42)39-18-6-7-26(38-39)29(40)35-21(3)25-11-10-24-9-8-23(19-27(24)37-25)12-13-34(32(43)45-28)16-14-33(5,44)15-17-34/h8-13,19-22,26,28,38,44H,6-7,14-18H2,1-5H3,(H,35,40)(H,36,41)/b13-12+/t21-,22+,26+,28?,33?,34?/m1/s1. The van der Waals surface area contributed by atoms with Crippen LogP contribution in [-0.4, -0.2) is 69.1 Å². The normalized spacial score (nSPS) is 32.7. The van der Waals surface area contributed by atoms with Crippen LogP contribution in [0.3, 0.4) is 0 Å². The molecule has 5 bridgehead atoms. The van der Waals surface area contributed by atoms with Gasteiger partial charge in [-0.15, -0.1) is 0 Å². The first-order chi connectivity index (χ1) is 21.3. The zero-order chi connectivity index (χ0) is 32.5. The monoisotopic (exact) mass is 619 g/mol. The average Bonchev–Trinajstić information content (AvgIpc) is 3.01. The summed E-state index contributed by atoms with van der Waals surface area (Å²) in [6.07, 6.45) is 5.22. The molecule has 4 atom stereocenters. The number of amides is 3. The van der Waals surface area contributed by atoms with Gasteiger partial charge in [0.15, 0.2) is 6.10 Å². The van der Waals surface area contributed by atoms with Crippen LogP contribution in [-0.2, 0) is 23.9 Å². The van der Waals surface area contributed by atoms with Gasteiger partial charge in [0.2, 0.25) is 5.91 Å². The van der Waals surface area contributed by atoms with E-state index in [1.807, 2.05) is 49.4 Å². The number of carbonyl (C=O) groups is 4. The summed E-state index contributed by atoms with van der Waals surface area (Å²) in [5.74, 6) is -2.11. The van der Waals surface area contributed by atoms with Crippen molar-refractivity contribution in [2.45, 2.75) is 103 Å². The van der Waals surface area contributed by atoms with E-state index in [9.17, 15) is 24.3 Å². The number of rotatable bonds is 1. The van der Waals surface area contributed by atoms with Gasteiger partial charge in [-0.25, -0.2) is 5.43 Å². The first-order valence-corrected chi connectivity index (χ1v) is 16.0. The molecule has 2 aliphatic heterocycles. The fourth-order valence-electron chi connectivity index (χ4n) is 6.26. The highest BCUT2D eigenvalue weighted by atomic mass is 16.5.